The third-order valence-corrected chi connectivity index (χ3v) is 4.44. The van der Waals surface area contributed by atoms with Gasteiger partial charge in [-0.2, -0.15) is 0 Å². The van der Waals surface area contributed by atoms with Gasteiger partial charge >= 0.3 is 0 Å². The zero-order chi connectivity index (χ0) is 10.7. The van der Waals surface area contributed by atoms with Crippen LogP contribution >= 0.6 is 11.8 Å². The summed E-state index contributed by atoms with van der Waals surface area (Å²) in [6, 6.07) is 6.37. The van der Waals surface area contributed by atoms with Gasteiger partial charge in [-0.05, 0) is 43.4 Å². The van der Waals surface area contributed by atoms with Crippen molar-refractivity contribution in [3.05, 3.63) is 23.8 Å². The molecule has 0 aliphatic heterocycles. The van der Waals surface area contributed by atoms with E-state index in [2.05, 4.69) is 25.1 Å². The topological polar surface area (TPSA) is 26.0 Å². The second kappa shape index (κ2) is 4.93. The molecule has 1 aliphatic rings. The molecule has 0 unspecified atom stereocenters. The molecule has 1 saturated carbocycles. The molecule has 0 radical (unpaired) electrons. The first kappa shape index (κ1) is 10.9. The molecule has 0 aromatic heterocycles. The number of aryl methyl sites for hydroxylation is 1. The normalized spacial score (nSPS) is 17.1. The molecule has 0 atom stereocenters. The van der Waals surface area contributed by atoms with E-state index in [0.29, 0.717) is 0 Å². The maximum atomic E-state index is 5.99. The van der Waals surface area contributed by atoms with Crippen LogP contribution in [0.25, 0.3) is 0 Å². The van der Waals surface area contributed by atoms with Crippen LogP contribution in [0.1, 0.15) is 31.2 Å². The lowest BCUT2D eigenvalue weighted by Gasteiger charge is -2.10. The van der Waals surface area contributed by atoms with E-state index >= 15 is 0 Å². The lowest BCUT2D eigenvalue weighted by Crippen LogP contribution is -1.97. The van der Waals surface area contributed by atoms with Gasteiger partial charge in [0, 0.05) is 16.3 Å². The Morgan fingerprint density at radius 1 is 1.33 bits per heavy atom. The van der Waals surface area contributed by atoms with E-state index in [1.54, 1.807) is 0 Å². The summed E-state index contributed by atoms with van der Waals surface area (Å²) in [4.78, 5) is 1.26. The molecule has 0 heterocycles. The third kappa shape index (κ3) is 2.91. The number of benzene rings is 1. The van der Waals surface area contributed by atoms with Gasteiger partial charge in [0.1, 0.15) is 0 Å². The Bertz CT molecular complexity index is 329. The van der Waals surface area contributed by atoms with E-state index in [-0.39, 0.29) is 0 Å². The number of anilines is 1. The van der Waals surface area contributed by atoms with Crippen LogP contribution in [0.5, 0.6) is 0 Å². The number of hydrogen-bond donors (Lipinski definition) is 1. The highest BCUT2D eigenvalue weighted by molar-refractivity contribution is 7.99. The number of hydrogen-bond acceptors (Lipinski definition) is 2. The molecule has 1 aliphatic carbocycles. The Kier molecular flexibility index (Phi) is 3.57. The largest absolute Gasteiger partial charge is 0.398 e. The highest BCUT2D eigenvalue weighted by atomic mass is 32.2. The van der Waals surface area contributed by atoms with E-state index in [0.717, 1.165) is 11.6 Å². The predicted octanol–water partition coefficient (Wildman–Crippen LogP) is 3.86. The predicted molar refractivity (Wildman–Crippen MR) is 68.3 cm³/mol. The summed E-state index contributed by atoms with van der Waals surface area (Å²) in [5, 5.41) is 0. The van der Waals surface area contributed by atoms with Crippen LogP contribution in [0.3, 0.4) is 0 Å². The monoisotopic (exact) mass is 221 g/mol. The van der Waals surface area contributed by atoms with E-state index < -0.39 is 0 Å². The molecule has 1 aromatic rings. The van der Waals surface area contributed by atoms with E-state index in [1.165, 1.54) is 41.9 Å². The molecule has 0 amide bonds. The van der Waals surface area contributed by atoms with Gasteiger partial charge in [0.25, 0.3) is 0 Å². The van der Waals surface area contributed by atoms with Gasteiger partial charge in [-0.1, -0.05) is 18.9 Å². The molecule has 1 nitrogen and oxygen atoms in total. The SMILES string of the molecule is Cc1ccc(SCC2CCCC2)c(N)c1. The zero-order valence-corrected chi connectivity index (χ0v) is 10.1. The van der Waals surface area contributed by atoms with Crippen LogP contribution in [-0.4, -0.2) is 5.75 Å². The van der Waals surface area contributed by atoms with E-state index in [9.17, 15) is 0 Å². The Labute approximate surface area is 96.4 Å². The van der Waals surface area contributed by atoms with Crippen molar-refractivity contribution in [3.63, 3.8) is 0 Å². The standard InChI is InChI=1S/C13H19NS/c1-10-6-7-13(12(14)8-10)15-9-11-4-2-3-5-11/h6-8,11H,2-5,9,14H2,1H3. The number of nitrogen functional groups attached to an aromatic ring is 1. The van der Waals surface area contributed by atoms with Crippen LogP contribution in [0.4, 0.5) is 5.69 Å². The molecular weight excluding hydrogens is 202 g/mol. The van der Waals surface area contributed by atoms with Gasteiger partial charge in [-0.3, -0.25) is 0 Å². The van der Waals surface area contributed by atoms with Crippen LogP contribution < -0.4 is 5.73 Å². The third-order valence-electron chi connectivity index (χ3n) is 3.11. The Balaban J connectivity index is 1.92. The molecular formula is C13H19NS. The molecule has 0 bridgehead atoms. The minimum absolute atomic E-state index is 0.927. The van der Waals surface area contributed by atoms with Crippen LogP contribution in [0.2, 0.25) is 0 Å². The highest BCUT2D eigenvalue weighted by Gasteiger charge is 2.15. The van der Waals surface area contributed by atoms with Crippen molar-refractivity contribution in [2.45, 2.75) is 37.5 Å². The van der Waals surface area contributed by atoms with Crippen molar-refractivity contribution in [1.82, 2.24) is 0 Å². The van der Waals surface area contributed by atoms with Gasteiger partial charge in [0.15, 0.2) is 0 Å². The summed E-state index contributed by atoms with van der Waals surface area (Å²) in [7, 11) is 0. The van der Waals surface area contributed by atoms with Crippen LogP contribution in [0.15, 0.2) is 23.1 Å². The van der Waals surface area contributed by atoms with E-state index in [1.807, 2.05) is 11.8 Å². The lowest BCUT2D eigenvalue weighted by atomic mass is 10.1. The summed E-state index contributed by atoms with van der Waals surface area (Å²) >= 11 is 1.93. The molecule has 1 fully saturated rings. The summed E-state index contributed by atoms with van der Waals surface area (Å²) in [5.74, 6) is 2.17. The van der Waals surface area contributed by atoms with Crippen molar-refractivity contribution in [2.75, 3.05) is 11.5 Å². The molecule has 82 valence electrons. The number of thioether (sulfide) groups is 1. The van der Waals surface area contributed by atoms with Crippen LogP contribution in [0, 0.1) is 12.8 Å². The maximum absolute atomic E-state index is 5.99. The van der Waals surface area contributed by atoms with Crippen molar-refractivity contribution < 1.29 is 0 Å². The molecule has 0 spiro atoms. The van der Waals surface area contributed by atoms with E-state index in [4.69, 9.17) is 5.73 Å². The minimum Gasteiger partial charge on any atom is -0.398 e. The molecule has 2 N–H and O–H groups in total. The lowest BCUT2D eigenvalue weighted by molar-refractivity contribution is 0.623. The fourth-order valence-corrected chi connectivity index (χ4v) is 3.32. The first-order valence-electron chi connectivity index (χ1n) is 5.74. The molecule has 0 saturated heterocycles. The Morgan fingerprint density at radius 3 is 2.73 bits per heavy atom. The average Bonchev–Trinajstić information content (AvgIpc) is 2.69. The summed E-state index contributed by atoms with van der Waals surface area (Å²) in [6.45, 7) is 2.09. The van der Waals surface area contributed by atoms with Gasteiger partial charge < -0.3 is 5.73 Å². The second-order valence-electron chi connectivity index (χ2n) is 4.50. The fourth-order valence-electron chi connectivity index (χ4n) is 2.18. The van der Waals surface area contributed by atoms with Gasteiger partial charge in [-0.25, -0.2) is 0 Å². The smallest absolute Gasteiger partial charge is 0.0454 e. The fraction of sp³-hybridized carbons (Fsp3) is 0.538. The molecule has 15 heavy (non-hydrogen) atoms. The Morgan fingerprint density at radius 2 is 2.07 bits per heavy atom. The quantitative estimate of drug-likeness (QED) is 0.619. The summed E-state index contributed by atoms with van der Waals surface area (Å²) in [6.07, 6.45) is 5.68. The minimum atomic E-state index is 0.927. The molecule has 2 rings (SSSR count). The van der Waals surface area contributed by atoms with Gasteiger partial charge in [-0.15, -0.1) is 11.8 Å². The Hall–Kier alpha value is -0.630. The first-order chi connectivity index (χ1) is 7.25. The second-order valence-corrected chi connectivity index (χ2v) is 5.56. The van der Waals surface area contributed by atoms with Crippen molar-refractivity contribution >= 4 is 17.4 Å². The number of nitrogens with two attached hydrogens (primary N) is 1. The summed E-state index contributed by atoms with van der Waals surface area (Å²) in [5.41, 5.74) is 8.18. The molecule has 1 aromatic carbocycles. The summed E-state index contributed by atoms with van der Waals surface area (Å²) < 4.78 is 0. The zero-order valence-electron chi connectivity index (χ0n) is 9.33. The maximum Gasteiger partial charge on any atom is 0.0454 e. The first-order valence-corrected chi connectivity index (χ1v) is 6.73. The van der Waals surface area contributed by atoms with Gasteiger partial charge in [0.2, 0.25) is 0 Å². The van der Waals surface area contributed by atoms with Crippen molar-refractivity contribution in [3.8, 4) is 0 Å². The van der Waals surface area contributed by atoms with Crippen LogP contribution in [-0.2, 0) is 0 Å². The van der Waals surface area contributed by atoms with Crippen molar-refractivity contribution in [1.29, 1.82) is 0 Å². The van der Waals surface area contributed by atoms with Crippen molar-refractivity contribution in [2.24, 2.45) is 5.92 Å². The average molecular weight is 221 g/mol. The number of rotatable bonds is 3. The van der Waals surface area contributed by atoms with Gasteiger partial charge in [0.05, 0.1) is 0 Å². The highest BCUT2D eigenvalue weighted by Crippen LogP contribution is 2.33. The molecule has 2 heteroatoms.